The Balaban J connectivity index is 1.22. The van der Waals surface area contributed by atoms with E-state index in [4.69, 9.17) is 11.6 Å². The number of benzene rings is 2. The van der Waals surface area contributed by atoms with E-state index >= 15 is 0 Å². The second-order valence-electron chi connectivity index (χ2n) is 11.6. The van der Waals surface area contributed by atoms with E-state index in [9.17, 15) is 9.59 Å². The molecule has 3 aliphatic rings. The van der Waals surface area contributed by atoms with E-state index in [1.54, 1.807) is 0 Å². The number of likely N-dealkylation sites (tertiary alicyclic amines) is 1. The standard InChI is InChI=1S/C31H43ClN4O2/c1-2-22(23-6-7-23)21-36-17-12-28(34-29(31(36)38)13-16-35-14-4-3-5-15-35)20-33-30(37)26-9-8-25-19-27(32)11-10-24(25)18-26/h8-11,18-19,22-23,28-29,34H,2-7,12-17,20-21H2,1H3,(H,33,37)/t22?,28-,29-/m0/s1. The Hall–Kier alpha value is -2.15. The number of nitrogens with one attached hydrogen (secondary N) is 2. The Kier molecular flexibility index (Phi) is 9.24. The van der Waals surface area contributed by atoms with Crippen LogP contribution in [0.3, 0.4) is 0 Å². The van der Waals surface area contributed by atoms with Crippen molar-refractivity contribution in [2.75, 3.05) is 39.3 Å². The van der Waals surface area contributed by atoms with E-state index in [0.29, 0.717) is 23.0 Å². The molecule has 2 N–H and O–H groups in total. The minimum atomic E-state index is -0.191. The van der Waals surface area contributed by atoms with Crippen LogP contribution in [0.15, 0.2) is 36.4 Å². The molecule has 0 bridgehead atoms. The molecule has 2 saturated heterocycles. The monoisotopic (exact) mass is 538 g/mol. The van der Waals surface area contributed by atoms with Gasteiger partial charge in [-0.2, -0.15) is 0 Å². The summed E-state index contributed by atoms with van der Waals surface area (Å²) in [6.07, 6.45) is 9.27. The second-order valence-corrected chi connectivity index (χ2v) is 12.0. The highest BCUT2D eigenvalue weighted by Gasteiger charge is 2.36. The van der Waals surface area contributed by atoms with Crippen molar-refractivity contribution in [3.05, 3.63) is 47.0 Å². The zero-order valence-electron chi connectivity index (χ0n) is 22.8. The number of fused-ring (bicyclic) bond motifs is 1. The molecule has 0 aromatic heterocycles. The van der Waals surface area contributed by atoms with Crippen molar-refractivity contribution in [2.45, 2.75) is 70.4 Å². The van der Waals surface area contributed by atoms with Crippen molar-refractivity contribution in [1.82, 2.24) is 20.4 Å². The Morgan fingerprint density at radius 3 is 2.58 bits per heavy atom. The predicted octanol–water partition coefficient (Wildman–Crippen LogP) is 5.09. The highest BCUT2D eigenvalue weighted by Crippen LogP contribution is 2.39. The fraction of sp³-hybridized carbons (Fsp3) is 0.613. The van der Waals surface area contributed by atoms with Crippen molar-refractivity contribution in [3.63, 3.8) is 0 Å². The van der Waals surface area contributed by atoms with Crippen LogP contribution in [0, 0.1) is 11.8 Å². The molecule has 1 aliphatic carbocycles. The van der Waals surface area contributed by atoms with Gasteiger partial charge in [-0.1, -0.05) is 43.5 Å². The number of carbonyl (C=O) groups excluding carboxylic acids is 2. The van der Waals surface area contributed by atoms with Gasteiger partial charge >= 0.3 is 0 Å². The van der Waals surface area contributed by atoms with Gasteiger partial charge in [-0.05, 0) is 98.5 Å². The lowest BCUT2D eigenvalue weighted by molar-refractivity contribution is -0.133. The molecule has 1 unspecified atom stereocenters. The molecule has 3 atom stereocenters. The number of piperidine rings is 1. The number of hydrogen-bond acceptors (Lipinski definition) is 4. The van der Waals surface area contributed by atoms with Crippen LogP contribution in [0.4, 0.5) is 0 Å². The van der Waals surface area contributed by atoms with E-state index in [1.165, 1.54) is 32.1 Å². The van der Waals surface area contributed by atoms with Crippen LogP contribution in [0.1, 0.15) is 68.6 Å². The number of amides is 2. The summed E-state index contributed by atoms with van der Waals surface area (Å²) in [5, 5.41) is 9.51. The van der Waals surface area contributed by atoms with Gasteiger partial charge in [-0.3, -0.25) is 9.59 Å². The van der Waals surface area contributed by atoms with Gasteiger partial charge in [0.2, 0.25) is 5.91 Å². The molecule has 2 aliphatic heterocycles. The van der Waals surface area contributed by atoms with E-state index in [0.717, 1.165) is 68.7 Å². The van der Waals surface area contributed by atoms with Gasteiger partial charge < -0.3 is 20.4 Å². The van der Waals surface area contributed by atoms with E-state index in [-0.39, 0.29) is 23.9 Å². The summed E-state index contributed by atoms with van der Waals surface area (Å²) in [5.41, 5.74) is 0.642. The quantitative estimate of drug-likeness (QED) is 0.442. The molecule has 6 nitrogen and oxygen atoms in total. The number of halogens is 1. The molecular formula is C31H43ClN4O2. The van der Waals surface area contributed by atoms with Gasteiger partial charge in [0.1, 0.15) is 0 Å². The summed E-state index contributed by atoms with van der Waals surface area (Å²) in [6, 6.07) is 11.3. The van der Waals surface area contributed by atoms with Crippen LogP contribution < -0.4 is 10.6 Å². The molecule has 0 spiro atoms. The summed E-state index contributed by atoms with van der Waals surface area (Å²) in [6.45, 7) is 7.64. The lowest BCUT2D eigenvalue weighted by Crippen LogP contribution is -2.50. The summed E-state index contributed by atoms with van der Waals surface area (Å²) in [5.74, 6) is 1.58. The first kappa shape index (κ1) is 27.4. The Morgan fingerprint density at radius 2 is 1.82 bits per heavy atom. The van der Waals surface area contributed by atoms with Crippen molar-refractivity contribution >= 4 is 34.2 Å². The molecule has 2 heterocycles. The van der Waals surface area contributed by atoms with Crippen molar-refractivity contribution in [3.8, 4) is 0 Å². The number of rotatable bonds is 10. The molecule has 3 fully saturated rings. The van der Waals surface area contributed by atoms with Gasteiger partial charge in [0.25, 0.3) is 5.91 Å². The first-order valence-corrected chi connectivity index (χ1v) is 15.1. The highest BCUT2D eigenvalue weighted by molar-refractivity contribution is 6.31. The molecule has 7 heteroatoms. The van der Waals surface area contributed by atoms with Gasteiger partial charge in [-0.25, -0.2) is 0 Å². The molecule has 0 radical (unpaired) electrons. The molecule has 206 valence electrons. The molecule has 5 rings (SSSR count). The Morgan fingerprint density at radius 1 is 1.05 bits per heavy atom. The molecule has 1 saturated carbocycles. The maximum atomic E-state index is 13.7. The fourth-order valence-electron chi connectivity index (χ4n) is 6.26. The van der Waals surface area contributed by atoms with Crippen LogP contribution in [0.5, 0.6) is 0 Å². The Labute approximate surface area is 232 Å². The van der Waals surface area contributed by atoms with Crippen LogP contribution in [0.2, 0.25) is 5.02 Å². The summed E-state index contributed by atoms with van der Waals surface area (Å²) >= 11 is 6.11. The van der Waals surface area contributed by atoms with Crippen molar-refractivity contribution < 1.29 is 9.59 Å². The molecule has 2 amide bonds. The van der Waals surface area contributed by atoms with Crippen LogP contribution in [-0.4, -0.2) is 73.0 Å². The lowest BCUT2D eigenvalue weighted by atomic mass is 9.99. The van der Waals surface area contributed by atoms with Gasteiger partial charge in [0.05, 0.1) is 6.04 Å². The number of carbonyl (C=O) groups is 2. The zero-order valence-corrected chi connectivity index (χ0v) is 23.5. The minimum Gasteiger partial charge on any atom is -0.350 e. The third-order valence-corrected chi connectivity index (χ3v) is 9.05. The molecule has 2 aromatic rings. The average Bonchev–Trinajstić information content (AvgIpc) is 3.79. The lowest BCUT2D eigenvalue weighted by Gasteiger charge is -2.31. The normalized spacial score (nSPS) is 23.8. The van der Waals surface area contributed by atoms with Gasteiger partial charge in [0.15, 0.2) is 0 Å². The Bertz CT molecular complexity index is 1110. The number of nitrogens with zero attached hydrogens (tertiary/aromatic N) is 2. The minimum absolute atomic E-state index is 0.0690. The second kappa shape index (κ2) is 12.8. The van der Waals surface area contributed by atoms with Crippen molar-refractivity contribution in [2.24, 2.45) is 11.8 Å². The molecule has 2 aromatic carbocycles. The third-order valence-electron chi connectivity index (χ3n) is 8.82. The first-order valence-electron chi connectivity index (χ1n) is 14.7. The molecule has 38 heavy (non-hydrogen) atoms. The SMILES string of the molecule is CCC(CN1CC[C@@H](CNC(=O)c2ccc3cc(Cl)ccc3c2)N[C@@H](CCN2CCCCC2)C1=O)C1CC1. The highest BCUT2D eigenvalue weighted by atomic mass is 35.5. The topological polar surface area (TPSA) is 64.7 Å². The molecular weight excluding hydrogens is 496 g/mol. The van der Waals surface area contributed by atoms with Crippen LogP contribution in [0.25, 0.3) is 10.8 Å². The fourth-order valence-corrected chi connectivity index (χ4v) is 6.44. The summed E-state index contributed by atoms with van der Waals surface area (Å²) in [7, 11) is 0. The largest absolute Gasteiger partial charge is 0.350 e. The van der Waals surface area contributed by atoms with Gasteiger partial charge in [-0.15, -0.1) is 0 Å². The number of hydrogen-bond donors (Lipinski definition) is 2. The summed E-state index contributed by atoms with van der Waals surface area (Å²) in [4.78, 5) is 31.4. The van der Waals surface area contributed by atoms with E-state index in [1.807, 2.05) is 36.4 Å². The van der Waals surface area contributed by atoms with Gasteiger partial charge in [0, 0.05) is 42.8 Å². The maximum absolute atomic E-state index is 13.7. The zero-order chi connectivity index (χ0) is 26.5. The predicted molar refractivity (Wildman–Crippen MR) is 155 cm³/mol. The smallest absolute Gasteiger partial charge is 0.251 e. The average molecular weight is 539 g/mol. The maximum Gasteiger partial charge on any atom is 0.251 e. The van der Waals surface area contributed by atoms with E-state index in [2.05, 4.69) is 27.4 Å². The third kappa shape index (κ3) is 7.08. The van der Waals surface area contributed by atoms with E-state index < -0.39 is 0 Å². The van der Waals surface area contributed by atoms with Crippen LogP contribution >= 0.6 is 11.6 Å². The van der Waals surface area contributed by atoms with Crippen LogP contribution in [-0.2, 0) is 4.79 Å². The van der Waals surface area contributed by atoms with Crippen molar-refractivity contribution in [1.29, 1.82) is 0 Å². The first-order chi connectivity index (χ1) is 18.5. The summed E-state index contributed by atoms with van der Waals surface area (Å²) < 4.78 is 0.